The maximum Gasteiger partial charge on any atom is 0.415 e. The van der Waals surface area contributed by atoms with Gasteiger partial charge in [0.05, 0.1) is 29.7 Å². The van der Waals surface area contributed by atoms with E-state index in [0.29, 0.717) is 16.0 Å². The molecule has 1 atom stereocenters. The molecule has 11 nitrogen and oxygen atoms in total. The predicted molar refractivity (Wildman–Crippen MR) is 165 cm³/mol. The van der Waals surface area contributed by atoms with Gasteiger partial charge in [-0.1, -0.05) is 36.4 Å². The molecule has 0 radical (unpaired) electrons. The van der Waals surface area contributed by atoms with Gasteiger partial charge < -0.3 is 19.4 Å². The van der Waals surface area contributed by atoms with Crippen LogP contribution in [0.1, 0.15) is 30.0 Å². The van der Waals surface area contributed by atoms with Gasteiger partial charge in [0, 0.05) is 22.0 Å². The average Bonchev–Trinajstić information content (AvgIpc) is 3.53. The van der Waals surface area contributed by atoms with Crippen molar-refractivity contribution in [3.8, 4) is 5.88 Å². The molecule has 1 unspecified atom stereocenters. The number of esters is 1. The Labute approximate surface area is 266 Å². The van der Waals surface area contributed by atoms with E-state index in [1.54, 1.807) is 30.5 Å². The Hall–Kier alpha value is -4.66. The highest BCUT2D eigenvalue weighted by Gasteiger charge is 2.35. The van der Waals surface area contributed by atoms with Crippen LogP contribution in [0.25, 0.3) is 17.2 Å². The van der Waals surface area contributed by atoms with Gasteiger partial charge in [0.25, 0.3) is 9.84 Å². The number of hydrogen-bond acceptors (Lipinski definition) is 10. The molecule has 0 spiro atoms. The normalized spacial score (nSPS) is 14.4. The molecular weight excluding hydrogens is 639 g/mol. The molecule has 0 N–H and O–H groups in total. The Balaban J connectivity index is 1.14. The molecule has 0 bridgehead atoms. The number of nitrogens with zero attached hydrogens (tertiary/aromatic N) is 2. The van der Waals surface area contributed by atoms with Gasteiger partial charge in [-0.25, -0.2) is 12.8 Å². The second-order valence-electron chi connectivity index (χ2n) is 10.1. The zero-order chi connectivity index (χ0) is 32.8. The van der Waals surface area contributed by atoms with E-state index in [2.05, 4.69) is 9.79 Å². The van der Waals surface area contributed by atoms with Crippen molar-refractivity contribution in [2.75, 3.05) is 32.7 Å². The van der Waals surface area contributed by atoms with Gasteiger partial charge in [-0.05, 0) is 87.7 Å². The van der Waals surface area contributed by atoms with Crippen molar-refractivity contribution in [2.45, 2.75) is 28.2 Å². The fraction of sp³-hybridized carbons (Fsp3) is 0.219. The van der Waals surface area contributed by atoms with E-state index in [1.807, 2.05) is 25.1 Å². The molecule has 14 heteroatoms. The lowest BCUT2D eigenvalue weighted by atomic mass is 10.0. The summed E-state index contributed by atoms with van der Waals surface area (Å²) in [6.45, 7) is 1.60. The molecular formula is C32H29FN2O9S2. The molecule has 3 aromatic carbocycles. The standard InChI is InChI=1S/C32H29FN2O9S2/c1-21-27(18-22-8-11-24(12-9-22)45(2)38)26-13-10-23(33)19-29(26)28(21)20-30(36)42-16-14-41-15-17-43-31-32(35(37)44-34-31)46(39,40)25-6-4-3-5-7-25/h3-13,18-19H,14-17,20H2,1-2H3/b27-18-. The number of benzene rings is 3. The number of aromatic nitrogens is 2. The van der Waals surface area contributed by atoms with E-state index in [1.165, 1.54) is 36.4 Å². The summed E-state index contributed by atoms with van der Waals surface area (Å²) in [5, 5.41) is 14.6. The lowest BCUT2D eigenvalue weighted by Crippen LogP contribution is -2.31. The largest absolute Gasteiger partial charge is 0.463 e. The van der Waals surface area contributed by atoms with Crippen molar-refractivity contribution in [3.05, 3.63) is 106 Å². The van der Waals surface area contributed by atoms with Crippen LogP contribution in [0, 0.1) is 11.0 Å². The van der Waals surface area contributed by atoms with Crippen LogP contribution >= 0.6 is 0 Å². The van der Waals surface area contributed by atoms with Crippen LogP contribution < -0.4 is 9.64 Å². The third-order valence-corrected chi connectivity index (χ3v) is 9.77. The van der Waals surface area contributed by atoms with E-state index in [-0.39, 0.29) is 42.6 Å². The van der Waals surface area contributed by atoms with E-state index < -0.39 is 43.3 Å². The molecule has 1 aliphatic carbocycles. The summed E-state index contributed by atoms with van der Waals surface area (Å²) in [5.41, 5.74) is 4.59. The van der Waals surface area contributed by atoms with E-state index in [0.717, 1.165) is 22.3 Å². The highest BCUT2D eigenvalue weighted by atomic mass is 32.2. The van der Waals surface area contributed by atoms with E-state index in [4.69, 9.17) is 14.2 Å². The van der Waals surface area contributed by atoms with Gasteiger partial charge >= 0.3 is 16.9 Å². The number of allylic oxidation sites excluding steroid dienone is 2. The number of fused-ring (bicyclic) bond motifs is 1. The number of sulfone groups is 1. The third kappa shape index (κ3) is 7.25. The first kappa shape index (κ1) is 32.7. The lowest BCUT2D eigenvalue weighted by Gasteiger charge is -2.08. The fourth-order valence-corrected chi connectivity index (χ4v) is 6.67. The molecule has 1 heterocycles. The van der Waals surface area contributed by atoms with E-state index in [9.17, 15) is 27.0 Å². The quantitative estimate of drug-likeness (QED) is 0.114. The molecule has 46 heavy (non-hydrogen) atoms. The van der Waals surface area contributed by atoms with Gasteiger partial charge in [-0.15, -0.1) is 0 Å². The zero-order valence-electron chi connectivity index (χ0n) is 24.8. The molecule has 0 aliphatic heterocycles. The molecule has 0 amide bonds. The Morgan fingerprint density at radius 2 is 1.74 bits per heavy atom. The number of rotatable bonds is 13. The van der Waals surface area contributed by atoms with Crippen LogP contribution in [-0.2, 0) is 34.9 Å². The molecule has 0 saturated heterocycles. The molecule has 240 valence electrons. The topological polar surface area (TPSA) is 149 Å². The molecule has 0 saturated carbocycles. The number of hydrogen-bond donors (Lipinski definition) is 0. The number of carbonyl (C=O) groups excluding carboxylic acids is 1. The molecule has 1 aliphatic rings. The summed E-state index contributed by atoms with van der Waals surface area (Å²) in [5.74, 6) is -1.46. The van der Waals surface area contributed by atoms with Crippen molar-refractivity contribution in [3.63, 3.8) is 0 Å². The first-order chi connectivity index (χ1) is 22.1. The van der Waals surface area contributed by atoms with Gasteiger partial charge in [-0.3, -0.25) is 13.6 Å². The maximum absolute atomic E-state index is 14.2. The zero-order valence-corrected chi connectivity index (χ0v) is 26.4. The van der Waals surface area contributed by atoms with Crippen LogP contribution in [0.5, 0.6) is 5.88 Å². The van der Waals surface area contributed by atoms with Gasteiger partial charge in [0.2, 0.25) is 0 Å². The van der Waals surface area contributed by atoms with Crippen LogP contribution in [0.2, 0.25) is 0 Å². The van der Waals surface area contributed by atoms with Crippen LogP contribution in [0.15, 0.2) is 97.8 Å². The van der Waals surface area contributed by atoms with Crippen LogP contribution in [0.3, 0.4) is 0 Å². The Morgan fingerprint density at radius 1 is 1.02 bits per heavy atom. The van der Waals surface area contributed by atoms with Gasteiger partial charge in [0.1, 0.15) is 19.0 Å². The third-order valence-electron chi connectivity index (χ3n) is 7.11. The highest BCUT2D eigenvalue weighted by molar-refractivity contribution is 7.91. The van der Waals surface area contributed by atoms with Crippen molar-refractivity contribution in [1.82, 2.24) is 5.16 Å². The fourth-order valence-electron chi connectivity index (χ4n) is 4.85. The van der Waals surface area contributed by atoms with Gasteiger partial charge in [-0.2, -0.15) is 0 Å². The number of halogens is 1. The summed E-state index contributed by atoms with van der Waals surface area (Å²) < 4.78 is 72.1. The first-order valence-electron chi connectivity index (χ1n) is 14.0. The first-order valence-corrected chi connectivity index (χ1v) is 17.0. The molecule has 0 fully saturated rings. The summed E-state index contributed by atoms with van der Waals surface area (Å²) >= 11 is 0. The van der Waals surface area contributed by atoms with E-state index >= 15 is 0 Å². The lowest BCUT2D eigenvalue weighted by molar-refractivity contribution is -0.832. The minimum Gasteiger partial charge on any atom is -0.463 e. The van der Waals surface area contributed by atoms with Gasteiger partial charge in [0.15, 0.2) is 0 Å². The molecule has 5 rings (SSSR count). The summed E-state index contributed by atoms with van der Waals surface area (Å²) in [7, 11) is -5.34. The summed E-state index contributed by atoms with van der Waals surface area (Å²) in [6.07, 6.45) is 3.46. The SMILES string of the molecule is CC1=C(CC(=O)OCCOCCOc2no[n+]([O-])c2S(=O)(=O)c2ccccc2)c2cc(F)ccc2/C1=C\c1ccc(S(C)=O)cc1. The second-order valence-corrected chi connectivity index (χ2v) is 13.3. The second kappa shape index (κ2) is 14.2. The predicted octanol–water partition coefficient (Wildman–Crippen LogP) is 4.37. The summed E-state index contributed by atoms with van der Waals surface area (Å²) in [4.78, 5) is 13.1. The average molecular weight is 669 g/mol. The minimum absolute atomic E-state index is 0.0115. The Morgan fingerprint density at radius 3 is 2.46 bits per heavy atom. The maximum atomic E-state index is 14.2. The minimum atomic E-state index is -4.24. The van der Waals surface area contributed by atoms with Crippen molar-refractivity contribution >= 4 is 43.8 Å². The van der Waals surface area contributed by atoms with Crippen molar-refractivity contribution in [2.24, 2.45) is 0 Å². The molecule has 1 aromatic heterocycles. The highest BCUT2D eigenvalue weighted by Crippen LogP contribution is 2.44. The smallest absolute Gasteiger partial charge is 0.415 e. The van der Waals surface area contributed by atoms with Crippen molar-refractivity contribution in [1.29, 1.82) is 0 Å². The number of ether oxygens (including phenoxy) is 3. The summed E-state index contributed by atoms with van der Waals surface area (Å²) in [6, 6.07) is 19.0. The monoisotopic (exact) mass is 668 g/mol. The Kier molecular flexibility index (Phi) is 10.1. The van der Waals surface area contributed by atoms with Crippen LogP contribution in [-0.4, -0.2) is 56.4 Å². The van der Waals surface area contributed by atoms with Crippen molar-refractivity contribution < 1.29 is 45.6 Å². The number of carbonyl (C=O) groups is 1. The molecule has 4 aromatic rings. The van der Waals surface area contributed by atoms with Crippen LogP contribution in [0.4, 0.5) is 4.39 Å². The Bertz CT molecular complexity index is 1940.